The highest BCUT2D eigenvalue weighted by Gasteiger charge is 2.21. The molecule has 0 aliphatic rings. The highest BCUT2D eigenvalue weighted by molar-refractivity contribution is 5.78. The molecule has 24 heavy (non-hydrogen) atoms. The summed E-state index contributed by atoms with van der Waals surface area (Å²) in [6.07, 6.45) is 1.11. The predicted molar refractivity (Wildman–Crippen MR) is 97.7 cm³/mol. The maximum absolute atomic E-state index is 12.2. The molecular weight excluding hydrogens is 302 g/mol. The lowest BCUT2D eigenvalue weighted by atomic mass is 9.85. The van der Waals surface area contributed by atoms with E-state index in [4.69, 9.17) is 0 Å². The average Bonchev–Trinajstić information content (AvgIpc) is 2.45. The molecule has 0 saturated heterocycles. The van der Waals surface area contributed by atoms with E-state index < -0.39 is 0 Å². The van der Waals surface area contributed by atoms with Gasteiger partial charge >= 0.3 is 6.03 Å². The van der Waals surface area contributed by atoms with Crippen molar-refractivity contribution in [3.8, 4) is 0 Å². The lowest BCUT2D eigenvalue weighted by Gasteiger charge is -2.27. The van der Waals surface area contributed by atoms with Crippen molar-refractivity contribution in [2.24, 2.45) is 5.41 Å². The Bertz CT molecular complexity index is 521. The molecule has 0 aliphatic heterocycles. The van der Waals surface area contributed by atoms with Gasteiger partial charge in [0.1, 0.15) is 0 Å². The van der Waals surface area contributed by atoms with Crippen molar-refractivity contribution >= 4 is 11.9 Å². The van der Waals surface area contributed by atoms with Gasteiger partial charge in [-0.25, -0.2) is 4.79 Å². The van der Waals surface area contributed by atoms with Crippen LogP contribution in [0.5, 0.6) is 0 Å². The third-order valence-electron chi connectivity index (χ3n) is 3.41. The zero-order valence-corrected chi connectivity index (χ0v) is 15.5. The number of carbonyl (C=O) groups excluding carboxylic acids is 2. The fourth-order valence-electron chi connectivity index (χ4n) is 2.44. The van der Waals surface area contributed by atoms with E-state index in [-0.39, 0.29) is 35.9 Å². The number of nitrogens with one attached hydrogen (secondary N) is 3. The number of carbonyl (C=O) groups is 2. The molecule has 134 valence electrons. The number of hydrogen-bond donors (Lipinski definition) is 3. The molecule has 0 radical (unpaired) electrons. The zero-order valence-electron chi connectivity index (χ0n) is 15.5. The number of rotatable bonds is 7. The molecule has 1 aromatic rings. The summed E-state index contributed by atoms with van der Waals surface area (Å²) in [4.78, 5) is 23.7. The van der Waals surface area contributed by atoms with Gasteiger partial charge in [-0.15, -0.1) is 0 Å². The summed E-state index contributed by atoms with van der Waals surface area (Å²) in [7, 11) is 0. The van der Waals surface area contributed by atoms with Crippen molar-refractivity contribution in [2.75, 3.05) is 6.54 Å². The minimum atomic E-state index is -0.245. The highest BCUT2D eigenvalue weighted by Crippen LogP contribution is 2.29. The predicted octanol–water partition coefficient (Wildman–Crippen LogP) is 3.38. The Morgan fingerprint density at radius 2 is 1.67 bits per heavy atom. The molecule has 0 aliphatic carbocycles. The van der Waals surface area contributed by atoms with Gasteiger partial charge in [-0.05, 0) is 31.2 Å². The normalized spacial score (nSPS) is 12.6. The molecule has 1 aromatic carbocycles. The van der Waals surface area contributed by atoms with Gasteiger partial charge in [-0.2, -0.15) is 0 Å². The largest absolute Gasteiger partial charge is 0.354 e. The lowest BCUT2D eigenvalue weighted by molar-refractivity contribution is -0.121. The van der Waals surface area contributed by atoms with E-state index in [1.165, 1.54) is 0 Å². The van der Waals surface area contributed by atoms with Gasteiger partial charge in [0.2, 0.25) is 5.91 Å². The van der Waals surface area contributed by atoms with Crippen LogP contribution in [0.4, 0.5) is 4.79 Å². The Hall–Kier alpha value is -2.04. The van der Waals surface area contributed by atoms with Crippen LogP contribution < -0.4 is 16.0 Å². The number of amides is 3. The van der Waals surface area contributed by atoms with Crippen LogP contribution in [0.2, 0.25) is 0 Å². The first-order valence-electron chi connectivity index (χ1n) is 8.56. The molecule has 1 unspecified atom stereocenters. The third-order valence-corrected chi connectivity index (χ3v) is 3.41. The van der Waals surface area contributed by atoms with Crippen molar-refractivity contribution in [2.45, 2.75) is 59.5 Å². The molecule has 3 N–H and O–H groups in total. The third kappa shape index (κ3) is 8.56. The van der Waals surface area contributed by atoms with Crippen LogP contribution in [-0.4, -0.2) is 24.5 Å². The van der Waals surface area contributed by atoms with Crippen LogP contribution in [0.1, 0.15) is 59.1 Å². The Morgan fingerprint density at radius 1 is 1.04 bits per heavy atom. The fourth-order valence-corrected chi connectivity index (χ4v) is 2.44. The molecule has 5 nitrogen and oxygen atoms in total. The summed E-state index contributed by atoms with van der Waals surface area (Å²) >= 11 is 0. The van der Waals surface area contributed by atoms with E-state index in [1.807, 2.05) is 44.2 Å². The maximum atomic E-state index is 12.2. The van der Waals surface area contributed by atoms with Crippen LogP contribution in [0.15, 0.2) is 30.3 Å². The van der Waals surface area contributed by atoms with E-state index in [0.29, 0.717) is 6.54 Å². The SMILES string of the molecule is CC(C)NC(=O)CCNC(=O)NC(CC(C)(C)C)c1ccccc1. The summed E-state index contributed by atoms with van der Waals surface area (Å²) in [6.45, 7) is 10.6. The van der Waals surface area contributed by atoms with Gasteiger partial charge in [0, 0.05) is 19.0 Å². The first-order chi connectivity index (χ1) is 11.2. The van der Waals surface area contributed by atoms with Gasteiger partial charge in [0.05, 0.1) is 6.04 Å². The van der Waals surface area contributed by atoms with E-state index in [9.17, 15) is 9.59 Å². The van der Waals surface area contributed by atoms with Crippen LogP contribution in [0.25, 0.3) is 0 Å². The molecule has 0 fully saturated rings. The van der Waals surface area contributed by atoms with Crippen LogP contribution >= 0.6 is 0 Å². The molecule has 1 atom stereocenters. The molecule has 0 heterocycles. The topological polar surface area (TPSA) is 70.2 Å². The van der Waals surface area contributed by atoms with E-state index >= 15 is 0 Å². The van der Waals surface area contributed by atoms with E-state index in [0.717, 1.165) is 12.0 Å². The molecule has 3 amide bonds. The minimum absolute atomic E-state index is 0.0559. The highest BCUT2D eigenvalue weighted by atomic mass is 16.2. The Labute approximate surface area is 145 Å². The van der Waals surface area contributed by atoms with Crippen molar-refractivity contribution in [3.05, 3.63) is 35.9 Å². The first-order valence-corrected chi connectivity index (χ1v) is 8.56. The molecule has 0 spiro atoms. The zero-order chi connectivity index (χ0) is 18.2. The Kier molecular flexibility index (Phi) is 7.75. The standard InChI is InChI=1S/C19H31N3O2/c1-14(2)21-17(23)11-12-20-18(24)22-16(13-19(3,4)5)15-9-7-6-8-10-15/h6-10,14,16H,11-13H2,1-5H3,(H,21,23)(H2,20,22,24). The lowest BCUT2D eigenvalue weighted by Crippen LogP contribution is -2.41. The van der Waals surface area contributed by atoms with E-state index in [2.05, 4.69) is 36.7 Å². The summed E-state index contributed by atoms with van der Waals surface area (Å²) in [5.74, 6) is -0.0559. The maximum Gasteiger partial charge on any atom is 0.315 e. The number of benzene rings is 1. The number of urea groups is 1. The summed E-state index contributed by atoms with van der Waals surface area (Å²) in [5.41, 5.74) is 1.17. The second-order valence-electron chi connectivity index (χ2n) is 7.60. The quantitative estimate of drug-likeness (QED) is 0.716. The van der Waals surface area contributed by atoms with Gasteiger partial charge in [0.15, 0.2) is 0 Å². The molecular formula is C19H31N3O2. The van der Waals surface area contributed by atoms with Crippen molar-refractivity contribution in [1.82, 2.24) is 16.0 Å². The smallest absolute Gasteiger partial charge is 0.315 e. The van der Waals surface area contributed by atoms with Gasteiger partial charge in [-0.3, -0.25) is 4.79 Å². The Balaban J connectivity index is 2.54. The fraction of sp³-hybridized carbons (Fsp3) is 0.579. The first kappa shape index (κ1) is 20.0. The second-order valence-corrected chi connectivity index (χ2v) is 7.60. The van der Waals surface area contributed by atoms with Crippen LogP contribution in [0.3, 0.4) is 0 Å². The second kappa shape index (κ2) is 9.30. The average molecular weight is 333 g/mol. The molecule has 0 aromatic heterocycles. The van der Waals surface area contributed by atoms with Gasteiger partial charge in [0.25, 0.3) is 0 Å². The van der Waals surface area contributed by atoms with E-state index in [1.54, 1.807) is 0 Å². The molecule has 0 saturated carbocycles. The minimum Gasteiger partial charge on any atom is -0.354 e. The molecule has 5 heteroatoms. The van der Waals surface area contributed by atoms with Crippen molar-refractivity contribution < 1.29 is 9.59 Å². The molecule has 0 bridgehead atoms. The van der Waals surface area contributed by atoms with Gasteiger partial charge < -0.3 is 16.0 Å². The van der Waals surface area contributed by atoms with Crippen LogP contribution in [-0.2, 0) is 4.79 Å². The van der Waals surface area contributed by atoms with Gasteiger partial charge in [-0.1, -0.05) is 51.1 Å². The summed E-state index contributed by atoms with van der Waals surface area (Å²) in [6, 6.07) is 9.76. The summed E-state index contributed by atoms with van der Waals surface area (Å²) < 4.78 is 0. The van der Waals surface area contributed by atoms with Crippen LogP contribution in [0, 0.1) is 5.41 Å². The summed E-state index contributed by atoms with van der Waals surface area (Å²) in [5, 5.41) is 8.59. The monoisotopic (exact) mass is 333 g/mol. The van der Waals surface area contributed by atoms with Crippen molar-refractivity contribution in [1.29, 1.82) is 0 Å². The van der Waals surface area contributed by atoms with Crippen molar-refractivity contribution in [3.63, 3.8) is 0 Å². The number of hydrogen-bond acceptors (Lipinski definition) is 2. The molecule has 1 rings (SSSR count). The Morgan fingerprint density at radius 3 is 2.21 bits per heavy atom.